The predicted octanol–water partition coefficient (Wildman–Crippen LogP) is 4.57. The molecular formula is C24H17FN4O2. The van der Waals surface area contributed by atoms with Crippen LogP contribution in [0, 0.1) is 12.7 Å². The number of aryl methyl sites for hydroxylation is 1. The van der Waals surface area contributed by atoms with Crippen LogP contribution in [-0.2, 0) is 0 Å². The monoisotopic (exact) mass is 412 g/mol. The van der Waals surface area contributed by atoms with Gasteiger partial charge in [-0.2, -0.15) is 0 Å². The van der Waals surface area contributed by atoms with Crippen molar-refractivity contribution in [1.29, 1.82) is 0 Å². The molecule has 0 saturated heterocycles. The van der Waals surface area contributed by atoms with Gasteiger partial charge < -0.3 is 5.32 Å². The molecule has 0 unspecified atom stereocenters. The van der Waals surface area contributed by atoms with E-state index >= 15 is 0 Å². The molecule has 2 N–H and O–H groups in total. The number of hydrogen-bond donors (Lipinski definition) is 2. The second kappa shape index (κ2) is 7.21. The van der Waals surface area contributed by atoms with Crippen molar-refractivity contribution in [2.75, 3.05) is 5.32 Å². The number of aromatic amines is 1. The number of rotatable bonds is 3. The van der Waals surface area contributed by atoms with Crippen LogP contribution >= 0.6 is 0 Å². The second-order valence-corrected chi connectivity index (χ2v) is 7.33. The molecule has 0 saturated carbocycles. The first kappa shape index (κ1) is 18.7. The van der Waals surface area contributed by atoms with Gasteiger partial charge in [0.15, 0.2) is 0 Å². The molecule has 7 heteroatoms. The Hall–Kier alpha value is -4.26. The number of nitrogens with one attached hydrogen (secondary N) is 2. The van der Waals surface area contributed by atoms with Gasteiger partial charge in [0.05, 0.1) is 22.1 Å². The third-order valence-electron chi connectivity index (χ3n) is 5.18. The number of carbonyl (C=O) groups excluding carboxylic acids is 1. The lowest BCUT2D eigenvalue weighted by Gasteiger charge is -2.07. The summed E-state index contributed by atoms with van der Waals surface area (Å²) in [5.41, 5.74) is 3.65. The number of fused-ring (bicyclic) bond motifs is 3. The molecule has 152 valence electrons. The van der Waals surface area contributed by atoms with E-state index in [9.17, 15) is 14.0 Å². The molecule has 31 heavy (non-hydrogen) atoms. The molecule has 0 spiro atoms. The minimum atomic E-state index is -0.385. The first-order chi connectivity index (χ1) is 15.0. The molecule has 0 bridgehead atoms. The minimum absolute atomic E-state index is 0.261. The fourth-order valence-corrected chi connectivity index (χ4v) is 3.51. The molecule has 2 heterocycles. The van der Waals surface area contributed by atoms with Crippen LogP contribution in [0.3, 0.4) is 0 Å². The summed E-state index contributed by atoms with van der Waals surface area (Å²) in [6.07, 6.45) is 1.50. The molecule has 3 aromatic carbocycles. The molecule has 5 aromatic rings. The fraction of sp³-hybridized carbons (Fsp3) is 0.0417. The van der Waals surface area contributed by atoms with Crippen LogP contribution in [0.5, 0.6) is 0 Å². The molecular weight excluding hydrogens is 395 g/mol. The Labute approximate surface area is 176 Å². The Morgan fingerprint density at radius 1 is 1.00 bits per heavy atom. The number of pyridine rings is 1. The van der Waals surface area contributed by atoms with Crippen molar-refractivity contribution < 1.29 is 9.18 Å². The van der Waals surface area contributed by atoms with E-state index in [-0.39, 0.29) is 17.3 Å². The van der Waals surface area contributed by atoms with Crippen molar-refractivity contribution >= 4 is 33.4 Å². The first-order valence-electron chi connectivity index (χ1n) is 9.67. The topological polar surface area (TPSA) is 79.8 Å². The van der Waals surface area contributed by atoms with Gasteiger partial charge in [-0.05, 0) is 61.5 Å². The number of aromatic nitrogens is 3. The highest BCUT2D eigenvalue weighted by atomic mass is 19.1. The van der Waals surface area contributed by atoms with E-state index in [4.69, 9.17) is 0 Å². The zero-order chi connectivity index (χ0) is 21.5. The van der Waals surface area contributed by atoms with Gasteiger partial charge in [-0.1, -0.05) is 17.7 Å². The van der Waals surface area contributed by atoms with Crippen molar-refractivity contribution in [2.24, 2.45) is 0 Å². The summed E-state index contributed by atoms with van der Waals surface area (Å²) in [5.74, 6) is -0.646. The van der Waals surface area contributed by atoms with Gasteiger partial charge in [0.2, 0.25) is 0 Å². The largest absolute Gasteiger partial charge is 0.322 e. The number of halogens is 1. The van der Waals surface area contributed by atoms with E-state index in [1.807, 2.05) is 31.2 Å². The molecule has 1 amide bonds. The molecule has 6 nitrogen and oxygen atoms in total. The lowest BCUT2D eigenvalue weighted by Crippen LogP contribution is -2.14. The van der Waals surface area contributed by atoms with Gasteiger partial charge in [-0.25, -0.2) is 9.07 Å². The Balaban J connectivity index is 1.60. The van der Waals surface area contributed by atoms with E-state index in [0.29, 0.717) is 38.7 Å². The summed E-state index contributed by atoms with van der Waals surface area (Å²) in [7, 11) is 0. The molecule has 0 aliphatic carbocycles. The number of anilines is 1. The molecule has 5 rings (SSSR count). The van der Waals surface area contributed by atoms with Crippen LogP contribution in [0.15, 0.2) is 77.7 Å². The van der Waals surface area contributed by atoms with Crippen molar-refractivity contribution in [3.8, 4) is 5.69 Å². The normalized spacial score (nSPS) is 11.2. The average Bonchev–Trinajstić information content (AvgIpc) is 3.12. The fourth-order valence-electron chi connectivity index (χ4n) is 3.51. The van der Waals surface area contributed by atoms with Gasteiger partial charge in [-0.3, -0.25) is 19.7 Å². The maximum atomic E-state index is 13.3. The molecule has 0 fully saturated rings. The summed E-state index contributed by atoms with van der Waals surface area (Å²) in [5, 5.41) is 6.98. The van der Waals surface area contributed by atoms with Crippen molar-refractivity contribution in [1.82, 2.24) is 14.8 Å². The van der Waals surface area contributed by atoms with Crippen LogP contribution in [-0.4, -0.2) is 20.7 Å². The van der Waals surface area contributed by atoms with E-state index in [1.165, 1.54) is 35.1 Å². The Bertz CT molecular complexity index is 1500. The Kier molecular flexibility index (Phi) is 4.36. The zero-order valence-electron chi connectivity index (χ0n) is 16.5. The van der Waals surface area contributed by atoms with Crippen LogP contribution in [0.2, 0.25) is 0 Å². The Morgan fingerprint density at radius 3 is 2.48 bits per heavy atom. The van der Waals surface area contributed by atoms with Crippen molar-refractivity contribution in [3.63, 3.8) is 0 Å². The van der Waals surface area contributed by atoms with Crippen LogP contribution in [0.1, 0.15) is 15.9 Å². The average molecular weight is 412 g/mol. The zero-order valence-corrected chi connectivity index (χ0v) is 16.5. The lowest BCUT2D eigenvalue weighted by molar-refractivity contribution is 0.102. The maximum Gasteiger partial charge on any atom is 0.280 e. The molecule has 2 aromatic heterocycles. The molecule has 0 radical (unpaired) electrons. The number of benzene rings is 3. The summed E-state index contributed by atoms with van der Waals surface area (Å²) >= 11 is 0. The van der Waals surface area contributed by atoms with Crippen LogP contribution < -0.4 is 10.9 Å². The van der Waals surface area contributed by atoms with Gasteiger partial charge in [-0.15, -0.1) is 0 Å². The third kappa shape index (κ3) is 3.36. The summed E-state index contributed by atoms with van der Waals surface area (Å²) in [6.45, 7) is 1.98. The van der Waals surface area contributed by atoms with E-state index in [0.717, 1.165) is 5.56 Å². The molecule has 0 aliphatic rings. The van der Waals surface area contributed by atoms with Crippen LogP contribution in [0.25, 0.3) is 27.5 Å². The maximum absolute atomic E-state index is 13.3. The number of amides is 1. The predicted molar refractivity (Wildman–Crippen MR) is 118 cm³/mol. The standard InChI is InChI=1S/C24H17FN4O2/c1-14-2-7-17(8-3-14)27-23(30)15-4-11-21-19(12-15)22-20(13-26-21)24(31)29(28-22)18-9-5-16(25)6-10-18/h2-13,28H,1H3,(H,27,30). The lowest BCUT2D eigenvalue weighted by atomic mass is 10.1. The third-order valence-corrected chi connectivity index (χ3v) is 5.18. The SMILES string of the molecule is Cc1ccc(NC(=O)c2ccc3ncc4c(=O)n(-c5ccc(F)cc5)[nH]c4c3c2)cc1. The van der Waals surface area contributed by atoms with Crippen LogP contribution in [0.4, 0.5) is 10.1 Å². The van der Waals surface area contributed by atoms with Crippen molar-refractivity contribution in [2.45, 2.75) is 6.92 Å². The van der Waals surface area contributed by atoms with Gasteiger partial charge in [0, 0.05) is 22.8 Å². The number of hydrogen-bond acceptors (Lipinski definition) is 3. The highest BCUT2D eigenvalue weighted by Crippen LogP contribution is 2.23. The molecule has 0 aliphatic heterocycles. The van der Waals surface area contributed by atoms with Gasteiger partial charge >= 0.3 is 0 Å². The summed E-state index contributed by atoms with van der Waals surface area (Å²) < 4.78 is 14.6. The van der Waals surface area contributed by atoms with Gasteiger partial charge in [0.25, 0.3) is 11.5 Å². The van der Waals surface area contributed by atoms with Gasteiger partial charge in [0.1, 0.15) is 5.82 Å². The first-order valence-corrected chi connectivity index (χ1v) is 9.67. The minimum Gasteiger partial charge on any atom is -0.322 e. The van der Waals surface area contributed by atoms with Crippen molar-refractivity contribution in [3.05, 3.63) is 100 Å². The Morgan fingerprint density at radius 2 is 1.74 bits per heavy atom. The summed E-state index contributed by atoms with van der Waals surface area (Å²) in [4.78, 5) is 30.0. The highest BCUT2D eigenvalue weighted by Gasteiger charge is 2.14. The highest BCUT2D eigenvalue weighted by molar-refractivity contribution is 6.10. The molecule has 0 atom stereocenters. The number of carbonyl (C=O) groups is 1. The van der Waals surface area contributed by atoms with E-state index in [1.54, 1.807) is 18.2 Å². The smallest absolute Gasteiger partial charge is 0.280 e. The van der Waals surface area contributed by atoms with E-state index < -0.39 is 0 Å². The second-order valence-electron chi connectivity index (χ2n) is 7.33. The van der Waals surface area contributed by atoms with E-state index in [2.05, 4.69) is 15.4 Å². The summed E-state index contributed by atoms with van der Waals surface area (Å²) in [6, 6.07) is 18.3. The number of H-pyrrole nitrogens is 1. The number of nitrogens with zero attached hydrogens (tertiary/aromatic N) is 2. The quantitative estimate of drug-likeness (QED) is 0.456.